The molecule has 0 aromatic carbocycles. The summed E-state index contributed by atoms with van der Waals surface area (Å²) >= 11 is 1.72. The first-order valence-corrected chi connectivity index (χ1v) is 6.07. The normalized spacial score (nSPS) is 10.1. The number of aryl methyl sites for hydroxylation is 1. The standard InChI is InChI=1S/C10H15N3OS/c1-8-6-11-7-9(12-8)10(14)13(2)4-5-15-3/h6-7H,4-5H2,1-3H3. The summed E-state index contributed by atoms with van der Waals surface area (Å²) in [4.78, 5) is 21.6. The average molecular weight is 225 g/mol. The molecule has 0 saturated heterocycles. The molecule has 0 aliphatic heterocycles. The third-order valence-corrected chi connectivity index (χ3v) is 2.54. The van der Waals surface area contributed by atoms with E-state index in [0.717, 1.165) is 18.0 Å². The molecule has 0 spiro atoms. The first kappa shape index (κ1) is 12.0. The molecule has 0 radical (unpaired) electrons. The van der Waals surface area contributed by atoms with Crippen molar-refractivity contribution in [1.82, 2.24) is 14.9 Å². The molecule has 5 heteroatoms. The van der Waals surface area contributed by atoms with Crippen LogP contribution in [0.4, 0.5) is 0 Å². The second kappa shape index (κ2) is 5.70. The van der Waals surface area contributed by atoms with Gasteiger partial charge in [-0.05, 0) is 13.2 Å². The molecule has 1 heterocycles. The Morgan fingerprint density at radius 3 is 2.87 bits per heavy atom. The summed E-state index contributed by atoms with van der Waals surface area (Å²) in [7, 11) is 1.78. The summed E-state index contributed by atoms with van der Waals surface area (Å²) in [6.07, 6.45) is 5.16. The van der Waals surface area contributed by atoms with Crippen LogP contribution in [-0.4, -0.2) is 46.4 Å². The van der Waals surface area contributed by atoms with Crippen molar-refractivity contribution in [3.63, 3.8) is 0 Å². The van der Waals surface area contributed by atoms with E-state index in [9.17, 15) is 4.79 Å². The third-order valence-electron chi connectivity index (χ3n) is 1.95. The third kappa shape index (κ3) is 3.51. The van der Waals surface area contributed by atoms with Gasteiger partial charge < -0.3 is 4.90 Å². The van der Waals surface area contributed by atoms with Gasteiger partial charge in [0, 0.05) is 25.5 Å². The molecule has 0 fully saturated rings. The first-order chi connectivity index (χ1) is 7.15. The minimum atomic E-state index is -0.0692. The molecule has 0 unspecified atom stereocenters. The zero-order valence-corrected chi connectivity index (χ0v) is 10.0. The van der Waals surface area contributed by atoms with Crippen LogP contribution in [0.15, 0.2) is 12.4 Å². The van der Waals surface area contributed by atoms with Gasteiger partial charge in [-0.15, -0.1) is 0 Å². The van der Waals surface area contributed by atoms with Gasteiger partial charge in [0.1, 0.15) is 5.69 Å². The van der Waals surface area contributed by atoms with Crippen LogP contribution in [0.3, 0.4) is 0 Å². The SMILES string of the molecule is CSCCN(C)C(=O)c1cncc(C)n1. The number of nitrogens with zero attached hydrogens (tertiary/aromatic N) is 3. The van der Waals surface area contributed by atoms with Crippen molar-refractivity contribution in [1.29, 1.82) is 0 Å². The highest BCUT2D eigenvalue weighted by Crippen LogP contribution is 2.01. The van der Waals surface area contributed by atoms with Crippen LogP contribution in [-0.2, 0) is 0 Å². The molecule has 0 saturated carbocycles. The van der Waals surface area contributed by atoms with Crippen molar-refractivity contribution < 1.29 is 4.79 Å². The number of amides is 1. The van der Waals surface area contributed by atoms with Gasteiger partial charge in [0.05, 0.1) is 11.9 Å². The van der Waals surface area contributed by atoms with E-state index in [1.54, 1.807) is 29.9 Å². The van der Waals surface area contributed by atoms with Gasteiger partial charge in [-0.3, -0.25) is 9.78 Å². The van der Waals surface area contributed by atoms with E-state index in [2.05, 4.69) is 9.97 Å². The Morgan fingerprint density at radius 2 is 2.27 bits per heavy atom. The molecule has 0 aliphatic carbocycles. The Bertz CT molecular complexity index is 343. The van der Waals surface area contributed by atoms with Crippen LogP contribution in [0.25, 0.3) is 0 Å². The predicted octanol–water partition coefficient (Wildman–Crippen LogP) is 1.22. The number of rotatable bonds is 4. The van der Waals surface area contributed by atoms with Gasteiger partial charge in [0.25, 0.3) is 5.91 Å². The van der Waals surface area contributed by atoms with E-state index in [1.807, 2.05) is 13.2 Å². The van der Waals surface area contributed by atoms with Crippen molar-refractivity contribution in [2.24, 2.45) is 0 Å². The minimum Gasteiger partial charge on any atom is -0.339 e. The fourth-order valence-corrected chi connectivity index (χ4v) is 1.55. The van der Waals surface area contributed by atoms with E-state index in [-0.39, 0.29) is 5.91 Å². The molecule has 15 heavy (non-hydrogen) atoms. The summed E-state index contributed by atoms with van der Waals surface area (Å²) < 4.78 is 0. The van der Waals surface area contributed by atoms with Gasteiger partial charge in [-0.25, -0.2) is 4.98 Å². The molecule has 1 amide bonds. The van der Waals surface area contributed by atoms with Crippen LogP contribution in [0, 0.1) is 6.92 Å². The molecule has 0 bridgehead atoms. The average Bonchev–Trinajstić information content (AvgIpc) is 2.24. The van der Waals surface area contributed by atoms with Crippen LogP contribution >= 0.6 is 11.8 Å². The van der Waals surface area contributed by atoms with Crippen molar-refractivity contribution >= 4 is 17.7 Å². The van der Waals surface area contributed by atoms with Gasteiger partial charge in [0.2, 0.25) is 0 Å². The smallest absolute Gasteiger partial charge is 0.273 e. The van der Waals surface area contributed by atoms with E-state index in [0.29, 0.717) is 5.69 Å². The van der Waals surface area contributed by atoms with Crippen LogP contribution in [0.2, 0.25) is 0 Å². The van der Waals surface area contributed by atoms with Gasteiger partial charge in [0.15, 0.2) is 0 Å². The Hall–Kier alpha value is -1.10. The molecule has 1 aromatic heterocycles. The molecular formula is C10H15N3OS. The van der Waals surface area contributed by atoms with E-state index in [4.69, 9.17) is 0 Å². The topological polar surface area (TPSA) is 46.1 Å². The van der Waals surface area contributed by atoms with Crippen LogP contribution < -0.4 is 0 Å². The number of thioether (sulfide) groups is 1. The highest BCUT2D eigenvalue weighted by molar-refractivity contribution is 7.98. The van der Waals surface area contributed by atoms with E-state index < -0.39 is 0 Å². The number of hydrogen-bond acceptors (Lipinski definition) is 4. The van der Waals surface area contributed by atoms with Gasteiger partial charge >= 0.3 is 0 Å². The second-order valence-corrected chi connectivity index (χ2v) is 4.25. The minimum absolute atomic E-state index is 0.0692. The lowest BCUT2D eigenvalue weighted by Gasteiger charge is -2.15. The summed E-state index contributed by atoms with van der Waals surface area (Å²) in [6.45, 7) is 2.56. The Balaban J connectivity index is 2.67. The Labute approximate surface area is 94.1 Å². The maximum Gasteiger partial charge on any atom is 0.273 e. The molecule has 1 rings (SSSR count). The molecule has 1 aromatic rings. The lowest BCUT2D eigenvalue weighted by atomic mass is 10.3. The van der Waals surface area contributed by atoms with Crippen LogP contribution in [0.1, 0.15) is 16.2 Å². The summed E-state index contributed by atoms with van der Waals surface area (Å²) in [5.74, 6) is 0.863. The lowest BCUT2D eigenvalue weighted by molar-refractivity contribution is 0.0797. The monoisotopic (exact) mass is 225 g/mol. The highest BCUT2D eigenvalue weighted by atomic mass is 32.2. The van der Waals surface area contributed by atoms with E-state index in [1.165, 1.54) is 6.20 Å². The zero-order chi connectivity index (χ0) is 11.3. The Kier molecular flexibility index (Phi) is 4.55. The maximum absolute atomic E-state index is 11.8. The number of carbonyl (C=O) groups is 1. The number of carbonyl (C=O) groups excluding carboxylic acids is 1. The van der Waals surface area contributed by atoms with E-state index >= 15 is 0 Å². The fourth-order valence-electron chi connectivity index (χ4n) is 1.09. The molecule has 0 atom stereocenters. The lowest BCUT2D eigenvalue weighted by Crippen LogP contribution is -2.29. The summed E-state index contributed by atoms with van der Waals surface area (Å²) in [6, 6.07) is 0. The fraction of sp³-hybridized carbons (Fsp3) is 0.500. The summed E-state index contributed by atoms with van der Waals surface area (Å²) in [5, 5.41) is 0. The maximum atomic E-state index is 11.8. The molecular weight excluding hydrogens is 210 g/mol. The highest BCUT2D eigenvalue weighted by Gasteiger charge is 2.12. The largest absolute Gasteiger partial charge is 0.339 e. The van der Waals surface area contributed by atoms with Crippen molar-refractivity contribution in [3.8, 4) is 0 Å². The second-order valence-electron chi connectivity index (χ2n) is 3.27. The van der Waals surface area contributed by atoms with Crippen molar-refractivity contribution in [2.75, 3.05) is 25.6 Å². The molecule has 0 N–H and O–H groups in total. The zero-order valence-electron chi connectivity index (χ0n) is 9.23. The number of hydrogen-bond donors (Lipinski definition) is 0. The molecule has 0 aliphatic rings. The molecule has 4 nitrogen and oxygen atoms in total. The quantitative estimate of drug-likeness (QED) is 0.773. The van der Waals surface area contributed by atoms with Crippen molar-refractivity contribution in [2.45, 2.75) is 6.92 Å². The predicted molar refractivity (Wildman–Crippen MR) is 62.1 cm³/mol. The van der Waals surface area contributed by atoms with Crippen LogP contribution in [0.5, 0.6) is 0 Å². The van der Waals surface area contributed by atoms with Gasteiger partial charge in [-0.1, -0.05) is 0 Å². The summed E-state index contributed by atoms with van der Waals surface area (Å²) in [5.41, 5.74) is 1.18. The van der Waals surface area contributed by atoms with Crippen molar-refractivity contribution in [3.05, 3.63) is 23.8 Å². The number of aromatic nitrogens is 2. The first-order valence-electron chi connectivity index (χ1n) is 4.68. The Morgan fingerprint density at radius 1 is 1.53 bits per heavy atom. The van der Waals surface area contributed by atoms with Gasteiger partial charge in [-0.2, -0.15) is 11.8 Å². The molecule has 82 valence electrons.